The molecule has 106 valence electrons. The van der Waals surface area contributed by atoms with E-state index in [0.717, 1.165) is 12.1 Å². The molecule has 0 aromatic heterocycles. The van der Waals surface area contributed by atoms with E-state index < -0.39 is 6.04 Å². The molecule has 0 spiro atoms. The summed E-state index contributed by atoms with van der Waals surface area (Å²) in [7, 11) is 1.65. The monoisotopic (exact) mass is 264 g/mol. The van der Waals surface area contributed by atoms with Crippen LogP contribution in [-0.4, -0.2) is 32.2 Å². The van der Waals surface area contributed by atoms with E-state index in [1.165, 1.54) is 5.56 Å². The Balaban J connectivity index is 2.68. The maximum Gasteiger partial charge on any atom is 0.243 e. The van der Waals surface area contributed by atoms with Crippen LogP contribution in [0.3, 0.4) is 0 Å². The van der Waals surface area contributed by atoms with Gasteiger partial charge in [-0.25, -0.2) is 0 Å². The first-order valence-electron chi connectivity index (χ1n) is 6.72. The van der Waals surface area contributed by atoms with Gasteiger partial charge in [-0.05, 0) is 38.8 Å². The SMILES string of the molecule is CCN(C(=O)C(N)CCCOC)c1ccc(C)cc1. The predicted molar refractivity (Wildman–Crippen MR) is 78.3 cm³/mol. The molecule has 4 nitrogen and oxygen atoms in total. The van der Waals surface area contributed by atoms with E-state index in [9.17, 15) is 4.79 Å². The summed E-state index contributed by atoms with van der Waals surface area (Å²) >= 11 is 0. The number of hydrogen-bond acceptors (Lipinski definition) is 3. The molecule has 1 aromatic rings. The zero-order valence-electron chi connectivity index (χ0n) is 12.1. The topological polar surface area (TPSA) is 55.6 Å². The maximum atomic E-state index is 12.3. The first kappa shape index (κ1) is 15.7. The van der Waals surface area contributed by atoms with Gasteiger partial charge >= 0.3 is 0 Å². The summed E-state index contributed by atoms with van der Waals surface area (Å²) in [6.07, 6.45) is 1.45. The second-order valence-corrected chi connectivity index (χ2v) is 4.66. The summed E-state index contributed by atoms with van der Waals surface area (Å²) in [5.74, 6) is -0.0255. The van der Waals surface area contributed by atoms with E-state index in [4.69, 9.17) is 10.5 Å². The van der Waals surface area contributed by atoms with E-state index in [1.54, 1.807) is 12.0 Å². The zero-order valence-corrected chi connectivity index (χ0v) is 12.1. The number of aryl methyl sites for hydroxylation is 1. The van der Waals surface area contributed by atoms with E-state index in [1.807, 2.05) is 38.1 Å². The molecule has 0 fully saturated rings. The second-order valence-electron chi connectivity index (χ2n) is 4.66. The average molecular weight is 264 g/mol. The third kappa shape index (κ3) is 4.65. The van der Waals surface area contributed by atoms with Gasteiger partial charge in [-0.1, -0.05) is 17.7 Å². The molecule has 1 atom stereocenters. The van der Waals surface area contributed by atoms with Crippen molar-refractivity contribution in [2.75, 3.05) is 25.2 Å². The Labute approximate surface area is 115 Å². The molecule has 1 rings (SSSR count). The number of benzene rings is 1. The summed E-state index contributed by atoms with van der Waals surface area (Å²) in [5.41, 5.74) is 8.04. The molecule has 0 aliphatic heterocycles. The van der Waals surface area contributed by atoms with Crippen LogP contribution >= 0.6 is 0 Å². The van der Waals surface area contributed by atoms with E-state index >= 15 is 0 Å². The Morgan fingerprint density at radius 2 is 2.00 bits per heavy atom. The lowest BCUT2D eigenvalue weighted by Crippen LogP contribution is -2.44. The third-order valence-electron chi connectivity index (χ3n) is 3.11. The summed E-state index contributed by atoms with van der Waals surface area (Å²) < 4.78 is 4.98. The van der Waals surface area contributed by atoms with Crippen LogP contribution in [0, 0.1) is 6.92 Å². The van der Waals surface area contributed by atoms with Crippen LogP contribution in [-0.2, 0) is 9.53 Å². The summed E-state index contributed by atoms with van der Waals surface area (Å²) in [6, 6.07) is 7.46. The van der Waals surface area contributed by atoms with Gasteiger partial charge in [-0.15, -0.1) is 0 Å². The lowest BCUT2D eigenvalue weighted by atomic mass is 10.1. The minimum absolute atomic E-state index is 0.0255. The molecule has 19 heavy (non-hydrogen) atoms. The van der Waals surface area contributed by atoms with Gasteiger partial charge in [-0.2, -0.15) is 0 Å². The number of likely N-dealkylation sites (N-methyl/N-ethyl adjacent to an activating group) is 1. The molecule has 0 saturated heterocycles. The van der Waals surface area contributed by atoms with Gasteiger partial charge in [-0.3, -0.25) is 4.79 Å². The summed E-state index contributed by atoms with van der Waals surface area (Å²) in [5, 5.41) is 0. The largest absolute Gasteiger partial charge is 0.385 e. The lowest BCUT2D eigenvalue weighted by molar-refractivity contribution is -0.120. The third-order valence-corrected chi connectivity index (χ3v) is 3.11. The molecular formula is C15H24N2O2. The van der Waals surface area contributed by atoms with Gasteiger partial charge in [0.15, 0.2) is 0 Å². The second kappa shape index (κ2) is 7.92. The number of nitrogens with zero attached hydrogens (tertiary/aromatic N) is 1. The Hall–Kier alpha value is -1.39. The molecule has 1 amide bonds. The van der Waals surface area contributed by atoms with Crippen LogP contribution in [0.4, 0.5) is 5.69 Å². The van der Waals surface area contributed by atoms with E-state index in [-0.39, 0.29) is 5.91 Å². The maximum absolute atomic E-state index is 12.3. The predicted octanol–water partition coefficient (Wildman–Crippen LogP) is 2.10. The number of anilines is 1. The van der Waals surface area contributed by atoms with E-state index in [2.05, 4.69) is 0 Å². The molecule has 1 unspecified atom stereocenters. The van der Waals surface area contributed by atoms with Gasteiger partial charge in [0, 0.05) is 25.9 Å². The smallest absolute Gasteiger partial charge is 0.243 e. The van der Waals surface area contributed by atoms with Crippen LogP contribution in [0.2, 0.25) is 0 Å². The van der Waals surface area contributed by atoms with Gasteiger partial charge in [0.05, 0.1) is 6.04 Å². The quantitative estimate of drug-likeness (QED) is 0.767. The first-order valence-corrected chi connectivity index (χ1v) is 6.72. The van der Waals surface area contributed by atoms with Crippen molar-refractivity contribution in [3.05, 3.63) is 29.8 Å². The fourth-order valence-corrected chi connectivity index (χ4v) is 1.96. The highest BCUT2D eigenvalue weighted by Crippen LogP contribution is 2.16. The number of methoxy groups -OCH3 is 1. The van der Waals surface area contributed by atoms with Crippen molar-refractivity contribution in [2.24, 2.45) is 5.73 Å². The van der Waals surface area contributed by atoms with Crippen LogP contribution in [0.25, 0.3) is 0 Å². The number of carbonyl (C=O) groups excluding carboxylic acids is 1. The highest BCUT2D eigenvalue weighted by atomic mass is 16.5. The normalized spacial score (nSPS) is 12.2. The minimum Gasteiger partial charge on any atom is -0.385 e. The van der Waals surface area contributed by atoms with Crippen LogP contribution < -0.4 is 10.6 Å². The van der Waals surface area contributed by atoms with Crippen molar-refractivity contribution in [1.82, 2.24) is 0 Å². The Morgan fingerprint density at radius 1 is 1.37 bits per heavy atom. The van der Waals surface area contributed by atoms with Crippen molar-refractivity contribution < 1.29 is 9.53 Å². The van der Waals surface area contributed by atoms with E-state index in [0.29, 0.717) is 19.6 Å². The highest BCUT2D eigenvalue weighted by Gasteiger charge is 2.20. The van der Waals surface area contributed by atoms with Crippen molar-refractivity contribution in [3.8, 4) is 0 Å². The molecular weight excluding hydrogens is 240 g/mol. The first-order chi connectivity index (χ1) is 9.10. The van der Waals surface area contributed by atoms with Gasteiger partial charge in [0.25, 0.3) is 0 Å². The average Bonchev–Trinajstić information content (AvgIpc) is 2.41. The van der Waals surface area contributed by atoms with Crippen LogP contribution in [0.15, 0.2) is 24.3 Å². The minimum atomic E-state index is -0.462. The number of rotatable bonds is 7. The lowest BCUT2D eigenvalue weighted by Gasteiger charge is -2.24. The van der Waals surface area contributed by atoms with Crippen LogP contribution in [0.5, 0.6) is 0 Å². The standard InChI is InChI=1S/C15H24N2O2/c1-4-17(13-9-7-12(2)8-10-13)15(18)14(16)6-5-11-19-3/h7-10,14H,4-6,11,16H2,1-3H3. The number of amides is 1. The molecule has 2 N–H and O–H groups in total. The van der Waals surface area contributed by atoms with Crippen molar-refractivity contribution >= 4 is 11.6 Å². The molecule has 0 bridgehead atoms. The number of hydrogen-bond donors (Lipinski definition) is 1. The van der Waals surface area contributed by atoms with Crippen molar-refractivity contribution in [2.45, 2.75) is 32.7 Å². The highest BCUT2D eigenvalue weighted by molar-refractivity contribution is 5.96. The number of carbonyl (C=O) groups is 1. The molecule has 0 heterocycles. The molecule has 0 saturated carbocycles. The van der Waals surface area contributed by atoms with Gasteiger partial charge < -0.3 is 15.4 Å². The number of ether oxygens (including phenoxy) is 1. The van der Waals surface area contributed by atoms with Crippen molar-refractivity contribution in [3.63, 3.8) is 0 Å². The molecule has 0 aliphatic rings. The number of nitrogens with two attached hydrogens (primary N) is 1. The van der Waals surface area contributed by atoms with Crippen molar-refractivity contribution in [1.29, 1.82) is 0 Å². The van der Waals surface area contributed by atoms with Gasteiger partial charge in [0.1, 0.15) is 0 Å². The Bertz CT molecular complexity index is 390. The molecule has 0 aliphatic carbocycles. The molecule has 1 aromatic carbocycles. The fourth-order valence-electron chi connectivity index (χ4n) is 1.96. The Kier molecular flexibility index (Phi) is 6.53. The fraction of sp³-hybridized carbons (Fsp3) is 0.533. The molecule has 0 radical (unpaired) electrons. The summed E-state index contributed by atoms with van der Waals surface area (Å²) in [6.45, 7) is 5.25. The molecule has 4 heteroatoms. The van der Waals surface area contributed by atoms with Gasteiger partial charge in [0.2, 0.25) is 5.91 Å². The zero-order chi connectivity index (χ0) is 14.3. The Morgan fingerprint density at radius 3 is 2.53 bits per heavy atom. The van der Waals surface area contributed by atoms with Crippen LogP contribution in [0.1, 0.15) is 25.3 Å². The summed E-state index contributed by atoms with van der Waals surface area (Å²) in [4.78, 5) is 14.0.